The van der Waals surface area contributed by atoms with E-state index in [1.54, 1.807) is 19.2 Å². The van der Waals surface area contributed by atoms with Crippen molar-refractivity contribution in [2.75, 3.05) is 0 Å². The first-order valence-corrected chi connectivity index (χ1v) is 5.69. The summed E-state index contributed by atoms with van der Waals surface area (Å²) in [6.07, 6.45) is 1.78. The predicted octanol–water partition coefficient (Wildman–Crippen LogP) is 2.04. The van der Waals surface area contributed by atoms with E-state index < -0.39 is 5.97 Å². The molecule has 0 radical (unpaired) electrons. The van der Waals surface area contributed by atoms with Gasteiger partial charge in [-0.3, -0.25) is 0 Å². The molecule has 2 rings (SSSR count). The van der Waals surface area contributed by atoms with Crippen molar-refractivity contribution in [3.05, 3.63) is 58.9 Å². The molecule has 0 aliphatic rings. The Balaban J connectivity index is 2.20. The molecule has 0 fully saturated rings. The Morgan fingerprint density at radius 3 is 2.28 bits per heavy atom. The lowest BCUT2D eigenvalue weighted by Gasteiger charge is -2.07. The van der Waals surface area contributed by atoms with E-state index in [-0.39, 0.29) is 6.61 Å². The number of carbonyl (C=O) groups is 1. The number of aliphatic hydroxyl groups excluding tert-OH is 1. The first kappa shape index (κ1) is 12.4. The number of rotatable bonds is 4. The van der Waals surface area contributed by atoms with Crippen LogP contribution in [0.1, 0.15) is 27.2 Å². The average molecular weight is 245 g/mol. The van der Waals surface area contributed by atoms with Gasteiger partial charge in [-0.05, 0) is 24.1 Å². The summed E-state index contributed by atoms with van der Waals surface area (Å²) < 4.78 is 1.90. The lowest BCUT2D eigenvalue weighted by Crippen LogP contribution is -2.04. The summed E-state index contributed by atoms with van der Waals surface area (Å²) in [6, 6.07) is 9.22. The van der Waals surface area contributed by atoms with Crippen LogP contribution in [0, 0.1) is 6.92 Å². The van der Waals surface area contributed by atoms with Gasteiger partial charge in [-0.25, -0.2) is 4.79 Å². The maximum Gasteiger partial charge on any atom is 0.337 e. The SMILES string of the molecule is Cc1c(C(=O)O)ccn1Cc1ccc(CO)cc1. The topological polar surface area (TPSA) is 62.5 Å². The molecule has 0 aliphatic heterocycles. The second kappa shape index (κ2) is 5.06. The summed E-state index contributed by atoms with van der Waals surface area (Å²) in [5.41, 5.74) is 3.02. The first-order valence-electron chi connectivity index (χ1n) is 5.69. The molecular weight excluding hydrogens is 230 g/mol. The monoisotopic (exact) mass is 245 g/mol. The van der Waals surface area contributed by atoms with E-state index in [1.807, 2.05) is 28.8 Å². The fourth-order valence-corrected chi connectivity index (χ4v) is 1.90. The Morgan fingerprint density at radius 1 is 1.17 bits per heavy atom. The highest BCUT2D eigenvalue weighted by molar-refractivity contribution is 5.88. The van der Waals surface area contributed by atoms with Gasteiger partial charge in [-0.1, -0.05) is 24.3 Å². The van der Waals surface area contributed by atoms with Gasteiger partial charge in [0.2, 0.25) is 0 Å². The van der Waals surface area contributed by atoms with E-state index in [4.69, 9.17) is 10.2 Å². The van der Waals surface area contributed by atoms with Crippen molar-refractivity contribution in [2.45, 2.75) is 20.1 Å². The van der Waals surface area contributed by atoms with Gasteiger partial charge in [0.1, 0.15) is 0 Å². The Labute approximate surface area is 105 Å². The molecule has 0 aliphatic carbocycles. The predicted molar refractivity (Wildman–Crippen MR) is 67.6 cm³/mol. The van der Waals surface area contributed by atoms with E-state index in [0.29, 0.717) is 12.1 Å². The van der Waals surface area contributed by atoms with Crippen molar-refractivity contribution in [3.8, 4) is 0 Å². The van der Waals surface area contributed by atoms with Crippen molar-refractivity contribution < 1.29 is 15.0 Å². The minimum absolute atomic E-state index is 0.0337. The zero-order valence-electron chi connectivity index (χ0n) is 10.1. The molecule has 0 unspecified atom stereocenters. The quantitative estimate of drug-likeness (QED) is 0.866. The minimum atomic E-state index is -0.901. The molecule has 4 nitrogen and oxygen atoms in total. The van der Waals surface area contributed by atoms with Gasteiger partial charge in [0, 0.05) is 18.4 Å². The Bertz CT molecular complexity index is 555. The zero-order chi connectivity index (χ0) is 13.1. The second-order valence-corrected chi connectivity index (χ2v) is 4.22. The van der Waals surface area contributed by atoms with E-state index in [2.05, 4.69) is 0 Å². The maximum atomic E-state index is 10.9. The first-order chi connectivity index (χ1) is 8.61. The molecule has 2 aromatic rings. The van der Waals surface area contributed by atoms with Crippen LogP contribution in [0.2, 0.25) is 0 Å². The van der Waals surface area contributed by atoms with Gasteiger partial charge in [0.05, 0.1) is 12.2 Å². The highest BCUT2D eigenvalue weighted by Gasteiger charge is 2.10. The summed E-state index contributed by atoms with van der Waals surface area (Å²) in [5.74, 6) is -0.901. The van der Waals surface area contributed by atoms with Crippen molar-refractivity contribution in [1.29, 1.82) is 0 Å². The minimum Gasteiger partial charge on any atom is -0.478 e. The lowest BCUT2D eigenvalue weighted by atomic mass is 10.1. The van der Waals surface area contributed by atoms with Crippen LogP contribution in [0.5, 0.6) is 0 Å². The number of nitrogens with zero attached hydrogens (tertiary/aromatic N) is 1. The summed E-state index contributed by atoms with van der Waals surface area (Å²) in [4.78, 5) is 10.9. The normalized spacial score (nSPS) is 10.6. The lowest BCUT2D eigenvalue weighted by molar-refractivity contribution is 0.0696. The van der Waals surface area contributed by atoms with Gasteiger partial charge in [0.15, 0.2) is 0 Å². The van der Waals surface area contributed by atoms with Gasteiger partial charge in [-0.15, -0.1) is 0 Å². The van der Waals surface area contributed by atoms with Crippen LogP contribution in [-0.2, 0) is 13.2 Å². The van der Waals surface area contributed by atoms with Crippen LogP contribution in [0.3, 0.4) is 0 Å². The maximum absolute atomic E-state index is 10.9. The number of carboxylic acid groups (broad SMARTS) is 1. The molecule has 0 bridgehead atoms. The molecular formula is C14H15NO3. The molecule has 1 aromatic heterocycles. The van der Waals surface area contributed by atoms with E-state index in [1.165, 1.54) is 0 Å². The molecule has 0 spiro atoms. The molecule has 0 saturated heterocycles. The van der Waals surface area contributed by atoms with E-state index in [0.717, 1.165) is 16.8 Å². The molecule has 0 saturated carbocycles. The Kier molecular flexibility index (Phi) is 3.48. The third-order valence-electron chi connectivity index (χ3n) is 3.03. The smallest absolute Gasteiger partial charge is 0.337 e. The molecule has 1 aromatic carbocycles. The third-order valence-corrected chi connectivity index (χ3v) is 3.03. The van der Waals surface area contributed by atoms with E-state index >= 15 is 0 Å². The van der Waals surface area contributed by atoms with Crippen molar-refractivity contribution in [1.82, 2.24) is 4.57 Å². The van der Waals surface area contributed by atoms with Crippen LogP contribution >= 0.6 is 0 Å². The van der Waals surface area contributed by atoms with E-state index in [9.17, 15) is 4.79 Å². The van der Waals surface area contributed by atoms with Crippen LogP contribution < -0.4 is 0 Å². The zero-order valence-corrected chi connectivity index (χ0v) is 10.1. The molecule has 2 N–H and O–H groups in total. The summed E-state index contributed by atoms with van der Waals surface area (Å²) >= 11 is 0. The number of benzene rings is 1. The van der Waals surface area contributed by atoms with Gasteiger partial charge in [0.25, 0.3) is 0 Å². The third kappa shape index (κ3) is 2.43. The Hall–Kier alpha value is -2.07. The molecule has 4 heteroatoms. The number of aromatic nitrogens is 1. The number of aromatic carboxylic acids is 1. The van der Waals surface area contributed by atoms with Gasteiger partial charge < -0.3 is 14.8 Å². The van der Waals surface area contributed by atoms with Crippen LogP contribution in [-0.4, -0.2) is 20.7 Å². The fraction of sp³-hybridized carbons (Fsp3) is 0.214. The summed E-state index contributed by atoms with van der Waals surface area (Å²) in [6.45, 7) is 2.46. The highest BCUT2D eigenvalue weighted by Crippen LogP contribution is 2.13. The average Bonchev–Trinajstić information content (AvgIpc) is 2.72. The Morgan fingerprint density at radius 2 is 1.78 bits per heavy atom. The number of aliphatic hydroxyl groups is 1. The van der Waals surface area contributed by atoms with Crippen molar-refractivity contribution >= 4 is 5.97 Å². The van der Waals surface area contributed by atoms with Crippen LogP contribution in [0.15, 0.2) is 36.5 Å². The molecule has 94 valence electrons. The largest absolute Gasteiger partial charge is 0.478 e. The van der Waals surface area contributed by atoms with Crippen LogP contribution in [0.25, 0.3) is 0 Å². The van der Waals surface area contributed by atoms with Crippen LogP contribution in [0.4, 0.5) is 0 Å². The second-order valence-electron chi connectivity index (χ2n) is 4.22. The number of hydrogen-bond acceptors (Lipinski definition) is 2. The van der Waals surface area contributed by atoms with Gasteiger partial charge >= 0.3 is 5.97 Å². The standard InChI is InChI=1S/C14H15NO3/c1-10-13(14(17)18)6-7-15(10)8-11-2-4-12(9-16)5-3-11/h2-7,16H,8-9H2,1H3,(H,17,18). The van der Waals surface area contributed by atoms with Crippen molar-refractivity contribution in [2.24, 2.45) is 0 Å². The molecule has 1 heterocycles. The summed E-state index contributed by atoms with van der Waals surface area (Å²) in [7, 11) is 0. The van der Waals surface area contributed by atoms with Gasteiger partial charge in [-0.2, -0.15) is 0 Å². The number of carboxylic acids is 1. The molecule has 18 heavy (non-hydrogen) atoms. The fourth-order valence-electron chi connectivity index (χ4n) is 1.90. The molecule has 0 atom stereocenters. The summed E-state index contributed by atoms with van der Waals surface area (Å²) in [5, 5.41) is 17.9. The molecule has 0 amide bonds. The number of hydrogen-bond donors (Lipinski definition) is 2. The highest BCUT2D eigenvalue weighted by atomic mass is 16.4. The van der Waals surface area contributed by atoms with Crippen molar-refractivity contribution in [3.63, 3.8) is 0 Å².